The van der Waals surface area contributed by atoms with Crippen molar-refractivity contribution in [1.29, 1.82) is 0 Å². The Kier molecular flexibility index (Phi) is 2.27. The maximum absolute atomic E-state index is 9.82. The minimum absolute atomic E-state index is 0.806. The van der Waals surface area contributed by atoms with Crippen LogP contribution in [0.3, 0.4) is 0 Å². The van der Waals surface area contributed by atoms with Gasteiger partial charge in [-0.15, -0.1) is 0 Å². The first kappa shape index (κ1) is 9.92. The highest BCUT2D eigenvalue weighted by molar-refractivity contribution is 14.1. The molecule has 0 aliphatic rings. The minimum Gasteiger partial charge on any atom is -0.386 e. The fourth-order valence-corrected chi connectivity index (χ4v) is 1.88. The lowest BCUT2D eigenvalue weighted by Crippen LogP contribution is -2.15. The predicted molar refractivity (Wildman–Crippen MR) is 63.2 cm³/mol. The third-order valence-corrected chi connectivity index (χ3v) is 2.97. The maximum atomic E-state index is 9.82. The molecular weight excluding hydrogens is 291 g/mol. The Bertz CT molecular complexity index is 470. The van der Waals surface area contributed by atoms with Gasteiger partial charge in [0.15, 0.2) is 0 Å². The number of pyridine rings is 1. The molecule has 2 aromatic heterocycles. The molecule has 3 nitrogen and oxygen atoms in total. The van der Waals surface area contributed by atoms with Gasteiger partial charge < -0.3 is 5.11 Å². The molecule has 0 aliphatic heterocycles. The molecule has 0 aromatic carbocycles. The quantitative estimate of drug-likeness (QED) is 0.820. The molecule has 2 heterocycles. The number of hydrogen-bond donors (Lipinski definition) is 1. The van der Waals surface area contributed by atoms with Crippen LogP contribution in [0.2, 0.25) is 0 Å². The zero-order chi connectivity index (χ0) is 10.3. The molecule has 2 rings (SSSR count). The molecule has 0 aliphatic carbocycles. The van der Waals surface area contributed by atoms with E-state index in [1.54, 1.807) is 13.8 Å². The van der Waals surface area contributed by atoms with Gasteiger partial charge in [0.2, 0.25) is 0 Å². The molecule has 0 radical (unpaired) electrons. The number of rotatable bonds is 1. The van der Waals surface area contributed by atoms with Gasteiger partial charge >= 0.3 is 0 Å². The lowest BCUT2D eigenvalue weighted by molar-refractivity contribution is 0.0786. The summed E-state index contributed by atoms with van der Waals surface area (Å²) >= 11 is 2.22. The summed E-state index contributed by atoms with van der Waals surface area (Å²) in [5, 5.41) is 9.82. The van der Waals surface area contributed by atoms with Crippen LogP contribution in [0.1, 0.15) is 19.4 Å². The second kappa shape index (κ2) is 3.20. The number of aromatic nitrogens is 2. The van der Waals surface area contributed by atoms with Gasteiger partial charge in [-0.25, -0.2) is 4.98 Å². The van der Waals surface area contributed by atoms with Crippen molar-refractivity contribution in [1.82, 2.24) is 9.38 Å². The summed E-state index contributed by atoms with van der Waals surface area (Å²) in [6.07, 6.45) is 3.74. The van der Waals surface area contributed by atoms with E-state index in [9.17, 15) is 5.11 Å². The van der Waals surface area contributed by atoms with E-state index in [2.05, 4.69) is 27.6 Å². The topological polar surface area (TPSA) is 37.5 Å². The van der Waals surface area contributed by atoms with Crippen LogP contribution >= 0.6 is 22.6 Å². The van der Waals surface area contributed by atoms with Gasteiger partial charge in [-0.05, 0) is 54.1 Å². The Morgan fingerprint density at radius 1 is 1.50 bits per heavy atom. The average Bonchev–Trinajstić information content (AvgIpc) is 2.46. The van der Waals surface area contributed by atoms with E-state index in [-0.39, 0.29) is 0 Å². The molecule has 0 bridgehead atoms. The first-order chi connectivity index (χ1) is 6.48. The van der Waals surface area contributed by atoms with Crippen molar-refractivity contribution in [2.24, 2.45) is 0 Å². The Morgan fingerprint density at radius 2 is 2.21 bits per heavy atom. The van der Waals surface area contributed by atoms with E-state index in [0.717, 1.165) is 14.9 Å². The molecule has 0 atom stereocenters. The summed E-state index contributed by atoms with van der Waals surface area (Å²) in [5.41, 5.74) is 0.945. The molecule has 2 aromatic rings. The second-order valence-electron chi connectivity index (χ2n) is 3.78. The molecule has 0 saturated heterocycles. The van der Waals surface area contributed by atoms with Crippen molar-refractivity contribution in [3.8, 4) is 0 Å². The number of imidazole rings is 1. The van der Waals surface area contributed by atoms with Gasteiger partial charge in [0.05, 0.1) is 11.8 Å². The first-order valence-electron chi connectivity index (χ1n) is 4.34. The van der Waals surface area contributed by atoms with E-state index in [1.807, 2.05) is 28.9 Å². The van der Waals surface area contributed by atoms with Gasteiger partial charge in [0.25, 0.3) is 0 Å². The molecule has 0 amide bonds. The maximum Gasteiger partial charge on any atom is 0.137 e. The number of aliphatic hydroxyl groups is 1. The largest absolute Gasteiger partial charge is 0.386 e. The Labute approximate surface area is 95.9 Å². The molecule has 0 saturated carbocycles. The Hall–Kier alpha value is -0.620. The molecular formula is C10H11IN2O. The van der Waals surface area contributed by atoms with Crippen LogP contribution < -0.4 is 0 Å². The molecule has 4 heteroatoms. The van der Waals surface area contributed by atoms with Gasteiger partial charge in [-0.2, -0.15) is 0 Å². The molecule has 0 fully saturated rings. The normalized spacial score (nSPS) is 12.3. The highest BCUT2D eigenvalue weighted by atomic mass is 127. The van der Waals surface area contributed by atoms with Gasteiger partial charge in [-0.3, -0.25) is 4.40 Å². The monoisotopic (exact) mass is 302 g/mol. The second-order valence-corrected chi connectivity index (χ2v) is 4.89. The lowest BCUT2D eigenvalue weighted by atomic mass is 10.00. The Balaban J connectivity index is 2.63. The van der Waals surface area contributed by atoms with Gasteiger partial charge in [0, 0.05) is 6.20 Å². The van der Waals surface area contributed by atoms with Crippen molar-refractivity contribution in [2.45, 2.75) is 19.4 Å². The van der Waals surface area contributed by atoms with Crippen molar-refractivity contribution >= 4 is 28.2 Å². The zero-order valence-corrected chi connectivity index (χ0v) is 10.2. The Morgan fingerprint density at radius 3 is 2.86 bits per heavy atom. The van der Waals surface area contributed by atoms with E-state index in [1.165, 1.54) is 0 Å². The average molecular weight is 302 g/mol. The number of halogens is 1. The van der Waals surface area contributed by atoms with Crippen LogP contribution in [0.4, 0.5) is 0 Å². The van der Waals surface area contributed by atoms with Crippen molar-refractivity contribution in [2.75, 3.05) is 0 Å². The first-order valence-corrected chi connectivity index (χ1v) is 5.42. The van der Waals surface area contributed by atoms with Crippen LogP contribution in [0.5, 0.6) is 0 Å². The number of nitrogens with zero attached hydrogens (tertiary/aromatic N) is 2. The molecule has 1 N–H and O–H groups in total. The summed E-state index contributed by atoms with van der Waals surface area (Å²) < 4.78 is 3.05. The van der Waals surface area contributed by atoms with Crippen molar-refractivity contribution < 1.29 is 5.11 Å². The lowest BCUT2D eigenvalue weighted by Gasteiger charge is -2.17. The van der Waals surface area contributed by atoms with Crippen molar-refractivity contribution in [3.05, 3.63) is 33.8 Å². The third kappa shape index (κ3) is 1.64. The van der Waals surface area contributed by atoms with E-state index < -0.39 is 5.60 Å². The van der Waals surface area contributed by atoms with E-state index >= 15 is 0 Å². The predicted octanol–water partition coefficient (Wildman–Crippen LogP) is 2.17. The summed E-state index contributed by atoms with van der Waals surface area (Å²) in [6.45, 7) is 3.54. The number of fused-ring (bicyclic) bond motifs is 1. The summed E-state index contributed by atoms with van der Waals surface area (Å²) in [5.74, 6) is 0. The van der Waals surface area contributed by atoms with E-state index in [4.69, 9.17) is 0 Å². The minimum atomic E-state index is -0.806. The van der Waals surface area contributed by atoms with Gasteiger partial charge in [0.1, 0.15) is 9.35 Å². The third-order valence-electron chi connectivity index (χ3n) is 2.17. The molecule has 0 spiro atoms. The molecule has 74 valence electrons. The molecule has 14 heavy (non-hydrogen) atoms. The number of hydrogen-bond acceptors (Lipinski definition) is 2. The van der Waals surface area contributed by atoms with Crippen LogP contribution in [0, 0.1) is 3.70 Å². The van der Waals surface area contributed by atoms with Crippen LogP contribution in [-0.2, 0) is 5.60 Å². The summed E-state index contributed by atoms with van der Waals surface area (Å²) in [6, 6.07) is 3.82. The van der Waals surface area contributed by atoms with E-state index in [0.29, 0.717) is 0 Å². The standard InChI is InChI=1S/C10H11IN2O/c1-10(2,14)7-3-4-13-8(11)6-12-9(13)5-7/h3-6,14H,1-2H3. The summed E-state index contributed by atoms with van der Waals surface area (Å²) in [4.78, 5) is 4.24. The van der Waals surface area contributed by atoms with Crippen molar-refractivity contribution in [3.63, 3.8) is 0 Å². The summed E-state index contributed by atoms with van der Waals surface area (Å²) in [7, 11) is 0. The smallest absolute Gasteiger partial charge is 0.137 e. The van der Waals surface area contributed by atoms with Crippen LogP contribution in [-0.4, -0.2) is 14.5 Å². The zero-order valence-electron chi connectivity index (χ0n) is 8.03. The highest BCUT2D eigenvalue weighted by Crippen LogP contribution is 2.21. The molecule has 0 unspecified atom stereocenters. The highest BCUT2D eigenvalue weighted by Gasteiger charge is 2.16. The SMILES string of the molecule is CC(C)(O)c1ccn2c(I)cnc2c1. The van der Waals surface area contributed by atoms with Crippen LogP contribution in [0.25, 0.3) is 5.65 Å². The van der Waals surface area contributed by atoms with Gasteiger partial charge in [-0.1, -0.05) is 0 Å². The fourth-order valence-electron chi connectivity index (χ4n) is 1.33. The fraction of sp³-hybridized carbons (Fsp3) is 0.300. The van der Waals surface area contributed by atoms with Crippen LogP contribution in [0.15, 0.2) is 24.5 Å².